The number of nitrogens with one attached hydrogen (secondary N) is 2. The Morgan fingerprint density at radius 3 is 2.56 bits per heavy atom. The van der Waals surface area contributed by atoms with E-state index in [1.807, 2.05) is 0 Å². The van der Waals surface area contributed by atoms with Gasteiger partial charge in [0.1, 0.15) is 11.6 Å². The van der Waals surface area contributed by atoms with Crippen LogP contribution in [0.4, 0.5) is 11.6 Å². The third-order valence-corrected chi connectivity index (χ3v) is 3.38. The van der Waals surface area contributed by atoms with Gasteiger partial charge in [-0.15, -0.1) is 0 Å². The highest BCUT2D eigenvalue weighted by atomic mass is 35.5. The van der Waals surface area contributed by atoms with Crippen molar-refractivity contribution >= 4 is 46.6 Å². The summed E-state index contributed by atoms with van der Waals surface area (Å²) >= 11 is 13.8. The molecule has 0 bridgehead atoms. The summed E-state index contributed by atoms with van der Waals surface area (Å²) in [6, 6.07) is 2.00. The summed E-state index contributed by atoms with van der Waals surface area (Å²) in [6.45, 7) is 2.09. The van der Waals surface area contributed by atoms with Crippen molar-refractivity contribution in [3.8, 4) is 0 Å². The van der Waals surface area contributed by atoms with Crippen molar-refractivity contribution in [2.45, 2.75) is 13.0 Å². The fourth-order valence-electron chi connectivity index (χ4n) is 1.27. The fraction of sp³-hybridized carbons (Fsp3) is 0.500. The predicted molar refractivity (Wildman–Crippen MR) is 75.3 cm³/mol. The van der Waals surface area contributed by atoms with Crippen LogP contribution in [0.3, 0.4) is 0 Å². The van der Waals surface area contributed by atoms with Gasteiger partial charge in [0.05, 0.1) is 10.0 Å². The lowest BCUT2D eigenvalue weighted by atomic mass is 10.3. The fourth-order valence-corrected chi connectivity index (χ4v) is 2.36. The molecule has 0 radical (unpaired) electrons. The summed E-state index contributed by atoms with van der Waals surface area (Å²) in [6.07, 6.45) is 2.06. The van der Waals surface area contributed by atoms with Gasteiger partial charge in [0.15, 0.2) is 0 Å². The Balaban J connectivity index is 2.87. The first kappa shape index (κ1) is 13.7. The number of halogens is 2. The molecule has 3 nitrogen and oxygen atoms in total. The molecule has 0 saturated carbocycles. The SMILES string of the molecule is CNc1nc(NC(C)CSC)c(Cl)cc1Cl. The van der Waals surface area contributed by atoms with E-state index in [9.17, 15) is 0 Å². The average molecular weight is 280 g/mol. The normalized spacial score (nSPS) is 12.3. The molecule has 0 aliphatic rings. The lowest BCUT2D eigenvalue weighted by Gasteiger charge is -2.15. The molecule has 1 aromatic heterocycles. The van der Waals surface area contributed by atoms with E-state index in [1.54, 1.807) is 24.9 Å². The molecule has 0 amide bonds. The zero-order valence-electron chi connectivity index (χ0n) is 9.47. The van der Waals surface area contributed by atoms with Crippen LogP contribution in [0.1, 0.15) is 6.92 Å². The van der Waals surface area contributed by atoms with E-state index in [2.05, 4.69) is 28.8 Å². The Kier molecular flexibility index (Phi) is 5.52. The lowest BCUT2D eigenvalue weighted by Crippen LogP contribution is -2.19. The van der Waals surface area contributed by atoms with Gasteiger partial charge in [-0.25, -0.2) is 4.98 Å². The number of nitrogens with zero attached hydrogens (tertiary/aromatic N) is 1. The second kappa shape index (κ2) is 6.42. The Bertz CT molecular complexity index is 360. The van der Waals surface area contributed by atoms with E-state index >= 15 is 0 Å². The maximum Gasteiger partial charge on any atom is 0.147 e. The highest BCUT2D eigenvalue weighted by Gasteiger charge is 2.10. The number of hydrogen-bond acceptors (Lipinski definition) is 4. The van der Waals surface area contributed by atoms with Gasteiger partial charge < -0.3 is 10.6 Å². The van der Waals surface area contributed by atoms with Crippen LogP contribution in [0.25, 0.3) is 0 Å². The number of thioether (sulfide) groups is 1. The molecule has 0 fully saturated rings. The number of aromatic nitrogens is 1. The van der Waals surface area contributed by atoms with E-state index in [4.69, 9.17) is 23.2 Å². The van der Waals surface area contributed by atoms with E-state index in [1.165, 1.54) is 0 Å². The van der Waals surface area contributed by atoms with Crippen LogP contribution in [0.15, 0.2) is 6.07 Å². The molecule has 0 spiro atoms. The summed E-state index contributed by atoms with van der Waals surface area (Å²) in [5.74, 6) is 2.29. The summed E-state index contributed by atoms with van der Waals surface area (Å²) in [7, 11) is 1.78. The summed E-state index contributed by atoms with van der Waals surface area (Å²) in [4.78, 5) is 4.32. The van der Waals surface area contributed by atoms with Crippen LogP contribution in [-0.4, -0.2) is 30.1 Å². The quantitative estimate of drug-likeness (QED) is 0.864. The van der Waals surface area contributed by atoms with Crippen LogP contribution in [0.2, 0.25) is 10.0 Å². The zero-order valence-corrected chi connectivity index (χ0v) is 11.8. The predicted octanol–water partition coefficient (Wildman–Crippen LogP) is 3.59. The molecule has 0 aliphatic carbocycles. The highest BCUT2D eigenvalue weighted by molar-refractivity contribution is 7.98. The van der Waals surface area contributed by atoms with Crippen molar-refractivity contribution in [1.82, 2.24) is 4.98 Å². The van der Waals surface area contributed by atoms with Crippen LogP contribution in [0.5, 0.6) is 0 Å². The van der Waals surface area contributed by atoms with Crippen molar-refractivity contribution in [3.63, 3.8) is 0 Å². The molecule has 1 rings (SSSR count). The minimum Gasteiger partial charge on any atom is -0.372 e. The molecule has 1 unspecified atom stereocenters. The molecule has 1 atom stereocenters. The zero-order chi connectivity index (χ0) is 12.1. The van der Waals surface area contributed by atoms with E-state index in [0.29, 0.717) is 27.7 Å². The van der Waals surface area contributed by atoms with Gasteiger partial charge in [-0.3, -0.25) is 0 Å². The average Bonchev–Trinajstić information content (AvgIpc) is 2.22. The third kappa shape index (κ3) is 3.61. The third-order valence-electron chi connectivity index (χ3n) is 1.97. The van der Waals surface area contributed by atoms with Crippen molar-refractivity contribution in [2.24, 2.45) is 0 Å². The first-order valence-corrected chi connectivity index (χ1v) is 7.02. The molecule has 6 heteroatoms. The maximum atomic E-state index is 6.06. The molecular weight excluding hydrogens is 265 g/mol. The smallest absolute Gasteiger partial charge is 0.147 e. The molecule has 1 aromatic rings. The van der Waals surface area contributed by atoms with Crippen LogP contribution in [-0.2, 0) is 0 Å². The van der Waals surface area contributed by atoms with Crippen LogP contribution in [0, 0.1) is 0 Å². The number of hydrogen-bond donors (Lipinski definition) is 2. The molecule has 0 aliphatic heterocycles. The Morgan fingerprint density at radius 1 is 1.38 bits per heavy atom. The molecule has 16 heavy (non-hydrogen) atoms. The second-order valence-corrected chi connectivity index (χ2v) is 5.13. The topological polar surface area (TPSA) is 37.0 Å². The molecular formula is C10H15Cl2N3S. The molecule has 2 N–H and O–H groups in total. The second-order valence-electron chi connectivity index (χ2n) is 3.40. The van der Waals surface area contributed by atoms with Crippen molar-refractivity contribution in [2.75, 3.05) is 29.7 Å². The Morgan fingerprint density at radius 2 is 2.00 bits per heavy atom. The van der Waals surface area contributed by atoms with E-state index in [-0.39, 0.29) is 0 Å². The summed E-state index contributed by atoms with van der Waals surface area (Å²) in [5.41, 5.74) is 0. The van der Waals surface area contributed by atoms with E-state index < -0.39 is 0 Å². The van der Waals surface area contributed by atoms with Gasteiger partial charge in [0, 0.05) is 18.8 Å². The molecule has 0 aromatic carbocycles. The lowest BCUT2D eigenvalue weighted by molar-refractivity contribution is 0.904. The highest BCUT2D eigenvalue weighted by Crippen LogP contribution is 2.29. The number of anilines is 2. The minimum absolute atomic E-state index is 0.311. The van der Waals surface area contributed by atoms with Gasteiger partial charge >= 0.3 is 0 Å². The summed E-state index contributed by atoms with van der Waals surface area (Å²) < 4.78 is 0. The van der Waals surface area contributed by atoms with Crippen LogP contribution < -0.4 is 10.6 Å². The molecule has 90 valence electrons. The summed E-state index contributed by atoms with van der Waals surface area (Å²) in [5, 5.41) is 7.23. The van der Waals surface area contributed by atoms with Crippen molar-refractivity contribution in [1.29, 1.82) is 0 Å². The number of pyridine rings is 1. The monoisotopic (exact) mass is 279 g/mol. The van der Waals surface area contributed by atoms with Gasteiger partial charge in [-0.2, -0.15) is 11.8 Å². The Hall–Kier alpha value is -0.320. The van der Waals surface area contributed by atoms with Gasteiger partial charge in [0.2, 0.25) is 0 Å². The number of rotatable bonds is 5. The standard InChI is InChI=1S/C10H15Cl2N3S/c1-6(5-16-3)14-10-8(12)4-7(11)9(13-2)15-10/h4,6H,5H2,1-3H3,(H2,13,14,15). The van der Waals surface area contributed by atoms with E-state index in [0.717, 1.165) is 5.75 Å². The van der Waals surface area contributed by atoms with Gasteiger partial charge in [-0.05, 0) is 19.2 Å². The maximum absolute atomic E-state index is 6.06. The van der Waals surface area contributed by atoms with Crippen molar-refractivity contribution in [3.05, 3.63) is 16.1 Å². The molecule has 0 saturated heterocycles. The first-order valence-electron chi connectivity index (χ1n) is 4.87. The first-order chi connectivity index (χ1) is 7.58. The van der Waals surface area contributed by atoms with Gasteiger partial charge in [-0.1, -0.05) is 23.2 Å². The van der Waals surface area contributed by atoms with Crippen molar-refractivity contribution < 1.29 is 0 Å². The minimum atomic E-state index is 0.311. The molecule has 1 heterocycles. The largest absolute Gasteiger partial charge is 0.372 e. The van der Waals surface area contributed by atoms with Gasteiger partial charge in [0.25, 0.3) is 0 Å². The Labute approximate surface area is 110 Å². The van der Waals surface area contributed by atoms with Crippen LogP contribution >= 0.6 is 35.0 Å².